The lowest BCUT2D eigenvalue weighted by atomic mass is 9.86. The minimum atomic E-state index is -2.18. The molecule has 7 rings (SSSR count). The first-order chi connectivity index (χ1) is 43.1. The number of quaternary nitrogens is 1. The third-order valence-electron chi connectivity index (χ3n) is 16.8. The van der Waals surface area contributed by atoms with Crippen LogP contribution in [-0.2, 0) is 38.2 Å². The van der Waals surface area contributed by atoms with Gasteiger partial charge in [-0.15, -0.1) is 0 Å². The molecule has 15 atom stereocenters. The molecule has 0 spiro atoms. The number of unbranched alkanes of at least 4 members (excludes halogenated alkanes) is 2. The van der Waals surface area contributed by atoms with Gasteiger partial charge in [0, 0.05) is 43.8 Å². The number of likely N-dealkylation sites (N-methyl/N-ethyl adjacent to an activating group) is 1. The number of aliphatic hydroxyl groups is 7. The molecule has 0 saturated carbocycles. The van der Waals surface area contributed by atoms with Crippen molar-refractivity contribution in [3.63, 3.8) is 0 Å². The maximum Gasteiger partial charge on any atom is 0.251 e. The topological polar surface area (TPSA) is 364 Å². The van der Waals surface area contributed by atoms with E-state index in [1.807, 2.05) is 69.7 Å². The van der Waals surface area contributed by atoms with E-state index in [0.29, 0.717) is 17.6 Å². The van der Waals surface area contributed by atoms with E-state index in [1.54, 1.807) is 12.1 Å². The molecule has 3 heterocycles. The molecule has 0 radical (unpaired) electrons. The average Bonchev–Trinajstić information content (AvgIpc) is 1.94. The van der Waals surface area contributed by atoms with E-state index in [-0.39, 0.29) is 43.2 Å². The Hall–Kier alpha value is -7.43. The molecular formula is C66H90N7O18+. The first-order valence-corrected chi connectivity index (χ1v) is 31.0. The van der Waals surface area contributed by atoms with Crippen molar-refractivity contribution in [2.45, 2.75) is 145 Å². The molecule has 12 N–H and O–H groups in total. The van der Waals surface area contributed by atoms with Gasteiger partial charge in [-0.2, -0.15) is 0 Å². The number of ether oxygens (including phenoxy) is 3. The van der Waals surface area contributed by atoms with Crippen LogP contribution < -0.4 is 26.0 Å². The first kappa shape index (κ1) is 71.0. The molecule has 3 aliphatic rings. The minimum absolute atomic E-state index is 0.0276. The summed E-state index contributed by atoms with van der Waals surface area (Å²) in [7, 11) is 5.86. The lowest BCUT2D eigenvalue weighted by Crippen LogP contribution is -2.61. The van der Waals surface area contributed by atoms with Gasteiger partial charge < -0.3 is 90.6 Å². The van der Waals surface area contributed by atoms with Gasteiger partial charge in [0.1, 0.15) is 54.4 Å². The zero-order valence-electron chi connectivity index (χ0n) is 52.6. The van der Waals surface area contributed by atoms with Gasteiger partial charge in [-0.3, -0.25) is 33.6 Å². The third-order valence-corrected chi connectivity index (χ3v) is 16.8. The molecule has 0 bridgehead atoms. The van der Waals surface area contributed by atoms with E-state index < -0.39 is 158 Å². The van der Waals surface area contributed by atoms with Crippen LogP contribution in [0.5, 0.6) is 11.5 Å². The van der Waals surface area contributed by atoms with Crippen LogP contribution in [-0.4, -0.2) is 237 Å². The van der Waals surface area contributed by atoms with Crippen LogP contribution in [0.3, 0.4) is 0 Å². The van der Waals surface area contributed by atoms with Gasteiger partial charge in [0.2, 0.25) is 29.5 Å². The lowest BCUT2D eigenvalue weighted by molar-refractivity contribution is -0.870. The maximum absolute atomic E-state index is 14.9. The molecule has 4 aromatic rings. The highest BCUT2D eigenvalue weighted by molar-refractivity contribution is 6.00. The van der Waals surface area contributed by atoms with E-state index in [2.05, 4.69) is 28.2 Å². The standard InChI is InChI=1S/C66H89N7O18/c1-8-9-10-28-90-48-25-21-43(22-26-48)41-13-11-40(12-14-41)42-15-17-45(18-16-42)60(83)67-50-34-53(79)64(91-31-30-89-29-27-73(5,6)7)70-63(86)56-57(80)37(2)35-72(56)66(88)55(39(4)75)68-61(84)49(59(82)58(81)44-19-23-46(76)24-20-44)33-52(78)51-32-47(77)36-71(51)65(87)54(38(3)74)69-62(50)85/h11-26,37-39,47,49-51,53-59,64,74-75,77,79-82H,8-10,27-36H2,1-7H3,(H4-,67,68,69,70,76,83,84,85,86)/p+1/t37-,38+,39+,47+,49?,50-,51?,53+,54?,55?,56?,57-,58-,59-,64?/m0/s1. The summed E-state index contributed by atoms with van der Waals surface area (Å²) in [4.78, 5) is 105. The molecule has 25 nitrogen and oxygen atoms in total. The molecule has 4 aromatic carbocycles. The highest BCUT2D eigenvalue weighted by Crippen LogP contribution is 2.32. The number of hydrogen-bond acceptors (Lipinski definition) is 18. The Labute approximate surface area is 529 Å². The van der Waals surface area contributed by atoms with Gasteiger partial charge in [-0.25, -0.2) is 0 Å². The second-order valence-corrected chi connectivity index (χ2v) is 25.0. The number of rotatable bonds is 21. The number of aliphatic hydroxyl groups excluding tert-OH is 7. The fraction of sp³-hybridized carbons (Fsp3) is 0.530. The normalized spacial score (nSPS) is 26.3. The molecule has 3 fully saturated rings. The summed E-state index contributed by atoms with van der Waals surface area (Å²) in [5.41, 5.74) is 3.50. The summed E-state index contributed by atoms with van der Waals surface area (Å²) in [5, 5.41) is 101. The number of aromatic hydroxyl groups is 1. The molecule has 0 aliphatic carbocycles. The van der Waals surface area contributed by atoms with Crippen LogP contribution >= 0.6 is 0 Å². The Morgan fingerprint density at radius 2 is 1.23 bits per heavy atom. The molecule has 0 aromatic heterocycles. The van der Waals surface area contributed by atoms with Crippen molar-refractivity contribution in [3.05, 3.63) is 108 Å². The van der Waals surface area contributed by atoms with Gasteiger partial charge >= 0.3 is 0 Å². The molecule has 496 valence electrons. The number of carbonyl (C=O) groups is 7. The van der Waals surface area contributed by atoms with Gasteiger partial charge in [0.15, 0.2) is 12.0 Å². The van der Waals surface area contributed by atoms with Crippen molar-refractivity contribution in [2.24, 2.45) is 11.8 Å². The highest BCUT2D eigenvalue weighted by Gasteiger charge is 2.50. The van der Waals surface area contributed by atoms with Crippen molar-refractivity contribution in [2.75, 3.05) is 67.2 Å². The molecule has 91 heavy (non-hydrogen) atoms. The van der Waals surface area contributed by atoms with Crippen molar-refractivity contribution >= 4 is 41.2 Å². The number of Topliss-reactive ketones (excluding diaryl/α,β-unsaturated/α-hetero) is 1. The van der Waals surface area contributed by atoms with Crippen LogP contribution in [0.1, 0.15) is 88.2 Å². The zero-order chi connectivity index (χ0) is 66.4. The highest BCUT2D eigenvalue weighted by atomic mass is 16.5. The van der Waals surface area contributed by atoms with Crippen LogP contribution in [0.2, 0.25) is 0 Å². The Bertz CT molecular complexity index is 3090. The van der Waals surface area contributed by atoms with Crippen LogP contribution in [0.15, 0.2) is 97.1 Å². The summed E-state index contributed by atoms with van der Waals surface area (Å²) in [6.45, 7) is 6.20. The first-order valence-electron chi connectivity index (χ1n) is 31.0. The van der Waals surface area contributed by atoms with Crippen LogP contribution in [0.25, 0.3) is 22.3 Å². The minimum Gasteiger partial charge on any atom is -0.508 e. The molecule has 3 aliphatic heterocycles. The summed E-state index contributed by atoms with van der Waals surface area (Å²) < 4.78 is 18.3. The lowest BCUT2D eigenvalue weighted by Gasteiger charge is -2.34. The van der Waals surface area contributed by atoms with Crippen molar-refractivity contribution < 1.29 is 93.1 Å². The maximum atomic E-state index is 14.9. The molecule has 3 saturated heterocycles. The fourth-order valence-corrected chi connectivity index (χ4v) is 11.3. The van der Waals surface area contributed by atoms with E-state index in [1.165, 1.54) is 43.3 Å². The van der Waals surface area contributed by atoms with E-state index >= 15 is 0 Å². The number of benzene rings is 4. The number of phenolic OH excluding ortho intramolecular Hbond substituents is 1. The second kappa shape index (κ2) is 32.2. The number of nitrogens with zero attached hydrogens (tertiary/aromatic N) is 3. The summed E-state index contributed by atoms with van der Waals surface area (Å²) >= 11 is 0. The Balaban J connectivity index is 1.23. The van der Waals surface area contributed by atoms with Crippen molar-refractivity contribution in [1.82, 2.24) is 31.1 Å². The summed E-state index contributed by atoms with van der Waals surface area (Å²) in [6.07, 6.45) is -13.5. The van der Waals surface area contributed by atoms with Crippen LogP contribution in [0, 0.1) is 11.8 Å². The SMILES string of the molecule is CCCCCOc1ccc(-c2ccc(-c3ccc(C(=O)N[C@H]4C[C@@H](O)C(OCCOCC[N+](C)(C)C)NC(=O)C5[C@@H](O)[C@@H](C)CN5C(=O)C([C@@H](C)O)NC(=O)C([C@H](O)[C@@H](O)c5ccc(O)cc5)CC(=O)C5C[C@@H](O)CN5C(=O)C([C@@H](C)O)NC4=O)cc3)cc2)cc1. The predicted octanol–water partition coefficient (Wildman–Crippen LogP) is 0.911. The summed E-state index contributed by atoms with van der Waals surface area (Å²) in [5.74, 6) is -9.86. The molecule has 6 amide bonds. The zero-order valence-corrected chi connectivity index (χ0v) is 52.6. The average molecular weight is 1270 g/mol. The number of fused-ring (bicyclic) bond motifs is 2. The fourth-order valence-electron chi connectivity index (χ4n) is 11.3. The number of ketones is 1. The third kappa shape index (κ3) is 18.9. The molecule has 25 heteroatoms. The Kier molecular flexibility index (Phi) is 25.1. The van der Waals surface area contributed by atoms with Gasteiger partial charge in [-0.05, 0) is 84.5 Å². The number of phenols is 1. The van der Waals surface area contributed by atoms with Crippen LogP contribution in [0.4, 0.5) is 0 Å². The number of nitrogens with one attached hydrogen (secondary N) is 4. The predicted molar refractivity (Wildman–Crippen MR) is 332 cm³/mol. The quantitative estimate of drug-likeness (QED) is 0.0407. The van der Waals surface area contributed by atoms with Crippen molar-refractivity contribution in [3.8, 4) is 33.8 Å². The van der Waals surface area contributed by atoms with Gasteiger partial charge in [-0.1, -0.05) is 87.4 Å². The number of amides is 6. The second-order valence-electron chi connectivity index (χ2n) is 25.0. The smallest absolute Gasteiger partial charge is 0.251 e. The Morgan fingerprint density at radius 1 is 0.670 bits per heavy atom. The largest absolute Gasteiger partial charge is 0.508 e. The number of carbonyl (C=O) groups excluding carboxylic acids is 7. The van der Waals surface area contributed by atoms with E-state index in [4.69, 9.17) is 14.2 Å². The van der Waals surface area contributed by atoms with E-state index in [0.717, 1.165) is 70.9 Å². The monoisotopic (exact) mass is 1270 g/mol. The van der Waals surface area contributed by atoms with Gasteiger partial charge in [0.05, 0.1) is 90.1 Å². The molecular weight excluding hydrogens is 1180 g/mol. The van der Waals surface area contributed by atoms with Crippen molar-refractivity contribution in [1.29, 1.82) is 0 Å². The Morgan fingerprint density at radius 3 is 1.80 bits per heavy atom. The van der Waals surface area contributed by atoms with E-state index in [9.17, 15) is 74.4 Å². The van der Waals surface area contributed by atoms with Gasteiger partial charge in [0.25, 0.3) is 5.91 Å². The summed E-state index contributed by atoms with van der Waals surface area (Å²) in [6, 6.07) is 17.7. The molecule has 6 unspecified atom stereocenters. The number of hydrogen-bond donors (Lipinski definition) is 12.